The maximum atomic E-state index is 13.2. The van der Waals surface area contributed by atoms with Gasteiger partial charge in [-0.15, -0.1) is 0 Å². The highest BCUT2D eigenvalue weighted by Gasteiger charge is 2.52. The van der Waals surface area contributed by atoms with Crippen molar-refractivity contribution in [3.05, 3.63) is 53.1 Å². The van der Waals surface area contributed by atoms with E-state index in [1.165, 1.54) is 4.90 Å². The number of hydrogen-bond acceptors (Lipinski definition) is 5. The molecular formula is C28H28Br2N2O5. The topological polar surface area (TPSA) is 84.0 Å². The Morgan fingerprint density at radius 2 is 1.49 bits per heavy atom. The van der Waals surface area contributed by atoms with Gasteiger partial charge in [0, 0.05) is 28.3 Å². The van der Waals surface area contributed by atoms with Crippen molar-refractivity contribution in [1.82, 2.24) is 0 Å². The first-order chi connectivity index (χ1) is 17.5. The van der Waals surface area contributed by atoms with Gasteiger partial charge in [0.2, 0.25) is 17.7 Å². The van der Waals surface area contributed by atoms with Gasteiger partial charge in [0.05, 0.1) is 23.4 Å². The van der Waals surface area contributed by atoms with Crippen molar-refractivity contribution in [3.8, 4) is 5.75 Å². The summed E-state index contributed by atoms with van der Waals surface area (Å²) in [7, 11) is 0. The van der Waals surface area contributed by atoms with Gasteiger partial charge in [0.15, 0.2) is 0 Å². The van der Waals surface area contributed by atoms with E-state index in [0.29, 0.717) is 29.8 Å². The summed E-state index contributed by atoms with van der Waals surface area (Å²) in [4.78, 5) is 55.1. The molecule has 2 aromatic rings. The lowest BCUT2D eigenvalue weighted by Crippen LogP contribution is -2.34. The molecule has 0 unspecified atom stereocenters. The van der Waals surface area contributed by atoms with Crippen LogP contribution in [0.2, 0.25) is 0 Å². The third-order valence-electron chi connectivity index (χ3n) is 7.52. The molecule has 2 aliphatic heterocycles. The lowest BCUT2D eigenvalue weighted by molar-refractivity contribution is -0.139. The van der Waals surface area contributed by atoms with Gasteiger partial charge in [-0.05, 0) is 80.6 Å². The Morgan fingerprint density at radius 1 is 0.892 bits per heavy atom. The number of carbonyl (C=O) groups is 4. The van der Waals surface area contributed by atoms with E-state index in [1.54, 1.807) is 30.0 Å². The summed E-state index contributed by atoms with van der Waals surface area (Å²) < 4.78 is 5.63. The maximum absolute atomic E-state index is 13.2. The molecule has 0 aromatic heterocycles. The summed E-state index contributed by atoms with van der Waals surface area (Å²) in [5, 5.41) is 0. The second kappa shape index (κ2) is 9.98. The number of aryl methyl sites for hydroxylation is 3. The lowest BCUT2D eigenvalue weighted by atomic mass is 9.81. The number of alkyl halides is 2. The summed E-state index contributed by atoms with van der Waals surface area (Å²) in [6.07, 6.45) is 1.30. The predicted octanol–water partition coefficient (Wildman–Crippen LogP) is 5.00. The van der Waals surface area contributed by atoms with E-state index in [2.05, 4.69) is 31.9 Å². The van der Waals surface area contributed by atoms with Gasteiger partial charge < -0.3 is 9.64 Å². The summed E-state index contributed by atoms with van der Waals surface area (Å²) in [5.74, 6) is -1.86. The van der Waals surface area contributed by atoms with Crippen molar-refractivity contribution in [1.29, 1.82) is 0 Å². The Labute approximate surface area is 232 Å². The fourth-order valence-corrected chi connectivity index (χ4v) is 6.93. The number of nitrogens with zero attached hydrogens (tertiary/aromatic N) is 2. The zero-order valence-corrected chi connectivity index (χ0v) is 24.0. The summed E-state index contributed by atoms with van der Waals surface area (Å²) in [5.41, 5.74) is 4.07. The minimum absolute atomic E-state index is 0.0889. The van der Waals surface area contributed by atoms with E-state index in [9.17, 15) is 19.2 Å². The number of imide groups is 1. The van der Waals surface area contributed by atoms with Crippen molar-refractivity contribution >= 4 is 66.9 Å². The van der Waals surface area contributed by atoms with Gasteiger partial charge in [-0.1, -0.05) is 37.9 Å². The SMILES string of the molecule is Cc1cc(C)cc(N2C[C@H](C(=O)Oc3ccc(N4C(=O)[C@@H]5C[C@@H](Br)[C@@H](Br)C[C@H]5C4=O)c(C)c3)CC2=O)c1. The Hall–Kier alpha value is -2.52. The van der Waals surface area contributed by atoms with Gasteiger partial charge >= 0.3 is 5.97 Å². The minimum atomic E-state index is -0.576. The summed E-state index contributed by atoms with van der Waals surface area (Å²) in [6.45, 7) is 6.00. The van der Waals surface area contributed by atoms with Crippen molar-refractivity contribution in [2.45, 2.75) is 49.7 Å². The molecule has 0 bridgehead atoms. The number of ether oxygens (including phenoxy) is 1. The number of fused-ring (bicyclic) bond motifs is 1. The molecule has 3 fully saturated rings. The van der Waals surface area contributed by atoms with Crippen LogP contribution in [-0.4, -0.2) is 39.9 Å². The minimum Gasteiger partial charge on any atom is -0.426 e. The highest BCUT2D eigenvalue weighted by Crippen LogP contribution is 2.45. The van der Waals surface area contributed by atoms with Crippen LogP contribution in [0.5, 0.6) is 5.75 Å². The van der Waals surface area contributed by atoms with Gasteiger partial charge in [0.25, 0.3) is 0 Å². The van der Waals surface area contributed by atoms with Crippen LogP contribution < -0.4 is 14.5 Å². The average molecular weight is 632 g/mol. The number of halogens is 2. The Bertz CT molecular complexity index is 1260. The molecule has 2 saturated heterocycles. The quantitative estimate of drug-likeness (QED) is 0.205. The Balaban J connectivity index is 1.28. The van der Waals surface area contributed by atoms with Crippen LogP contribution in [0, 0.1) is 38.5 Å². The molecule has 1 aliphatic carbocycles. The molecule has 1 saturated carbocycles. The van der Waals surface area contributed by atoms with Gasteiger partial charge in [-0.2, -0.15) is 0 Å². The third kappa shape index (κ3) is 4.88. The largest absolute Gasteiger partial charge is 0.426 e. The molecule has 2 aromatic carbocycles. The fourth-order valence-electron chi connectivity index (χ4n) is 5.70. The third-order valence-corrected chi connectivity index (χ3v) is 10.2. The molecule has 0 spiro atoms. The highest BCUT2D eigenvalue weighted by atomic mass is 79.9. The van der Waals surface area contributed by atoms with E-state index in [1.807, 2.05) is 32.0 Å². The number of hydrogen-bond donors (Lipinski definition) is 0. The lowest BCUT2D eigenvalue weighted by Gasteiger charge is -2.29. The highest BCUT2D eigenvalue weighted by molar-refractivity contribution is 9.12. The molecule has 0 N–H and O–H groups in total. The number of esters is 1. The monoisotopic (exact) mass is 630 g/mol. The Kier molecular flexibility index (Phi) is 7.04. The van der Waals surface area contributed by atoms with Crippen LogP contribution in [0.15, 0.2) is 36.4 Å². The number of rotatable bonds is 4. The molecule has 0 radical (unpaired) electrons. The molecule has 5 rings (SSSR count). The van der Waals surface area contributed by atoms with Crippen LogP contribution in [-0.2, 0) is 19.2 Å². The number of anilines is 2. The molecular weight excluding hydrogens is 604 g/mol. The maximum Gasteiger partial charge on any atom is 0.316 e. The van der Waals surface area contributed by atoms with E-state index in [0.717, 1.165) is 16.8 Å². The molecule has 2 heterocycles. The van der Waals surface area contributed by atoms with Gasteiger partial charge in [-0.3, -0.25) is 19.2 Å². The zero-order valence-electron chi connectivity index (χ0n) is 20.9. The molecule has 9 heteroatoms. The number of amides is 3. The van der Waals surface area contributed by atoms with Crippen molar-refractivity contribution < 1.29 is 23.9 Å². The molecule has 37 heavy (non-hydrogen) atoms. The standard InChI is InChI=1S/C28H28Br2N2O5/c1-14-6-15(2)8-18(7-14)31-13-17(10-25(31)33)28(36)37-19-4-5-24(16(3)9-19)32-26(34)20-11-22(29)23(30)12-21(20)27(32)35/h4-9,17,20-23H,10-13H2,1-3H3/t17-,20-,21-,22-,23+/m1/s1. The van der Waals surface area contributed by atoms with Crippen LogP contribution >= 0.6 is 31.9 Å². The fraction of sp³-hybridized carbons (Fsp3) is 0.429. The van der Waals surface area contributed by atoms with Crippen molar-refractivity contribution in [2.75, 3.05) is 16.3 Å². The second-order valence-corrected chi connectivity index (χ2v) is 12.7. The smallest absolute Gasteiger partial charge is 0.316 e. The first-order valence-corrected chi connectivity index (χ1v) is 14.2. The van der Waals surface area contributed by atoms with Crippen LogP contribution in [0.4, 0.5) is 11.4 Å². The Morgan fingerprint density at radius 3 is 2.05 bits per heavy atom. The van der Waals surface area contributed by atoms with E-state index < -0.39 is 11.9 Å². The summed E-state index contributed by atoms with van der Waals surface area (Å²) in [6, 6.07) is 10.8. The van der Waals surface area contributed by atoms with Crippen molar-refractivity contribution in [3.63, 3.8) is 0 Å². The van der Waals surface area contributed by atoms with Gasteiger partial charge in [-0.25, -0.2) is 4.90 Å². The van der Waals surface area contributed by atoms with Crippen LogP contribution in [0.1, 0.15) is 36.0 Å². The number of benzene rings is 2. The molecule has 7 nitrogen and oxygen atoms in total. The summed E-state index contributed by atoms with van der Waals surface area (Å²) >= 11 is 7.23. The normalized spacial score (nSPS) is 27.6. The zero-order chi connectivity index (χ0) is 26.6. The first-order valence-electron chi connectivity index (χ1n) is 12.4. The van der Waals surface area contributed by atoms with E-state index >= 15 is 0 Å². The molecule has 3 aliphatic rings. The first kappa shape index (κ1) is 26.1. The number of carbonyl (C=O) groups excluding carboxylic acids is 4. The predicted molar refractivity (Wildman–Crippen MR) is 147 cm³/mol. The van der Waals surface area contributed by atoms with Crippen LogP contribution in [0.25, 0.3) is 0 Å². The molecule has 3 amide bonds. The molecule has 194 valence electrons. The van der Waals surface area contributed by atoms with E-state index in [-0.39, 0.29) is 52.2 Å². The van der Waals surface area contributed by atoms with Crippen molar-refractivity contribution in [2.24, 2.45) is 17.8 Å². The van der Waals surface area contributed by atoms with Gasteiger partial charge in [0.1, 0.15) is 5.75 Å². The van der Waals surface area contributed by atoms with Crippen LogP contribution in [0.3, 0.4) is 0 Å². The van der Waals surface area contributed by atoms with E-state index in [4.69, 9.17) is 4.74 Å². The molecule has 5 atom stereocenters. The second-order valence-electron chi connectivity index (χ2n) is 10.3. The average Bonchev–Trinajstić information content (AvgIpc) is 3.32.